The second-order valence-corrected chi connectivity index (χ2v) is 31.4. The van der Waals surface area contributed by atoms with Crippen molar-refractivity contribution in [3.05, 3.63) is 0 Å². The van der Waals surface area contributed by atoms with E-state index in [9.17, 15) is 46.7 Å². The van der Waals surface area contributed by atoms with Crippen LogP contribution in [0.4, 0.5) is 13.2 Å². The lowest BCUT2D eigenvalue weighted by Gasteiger charge is -2.43. The fourth-order valence-corrected chi connectivity index (χ4v) is 17.1. The van der Waals surface area contributed by atoms with Crippen LogP contribution in [-0.2, 0) is 57.5 Å². The molecule has 7 rings (SSSR count). The second kappa shape index (κ2) is 36.7. The molecule has 12 amide bonds. The van der Waals surface area contributed by atoms with Gasteiger partial charge in [-0.15, -0.1) is 11.6 Å². The largest absolute Gasteiger partial charge is 0.393 e. The Morgan fingerprint density at radius 3 is 1.79 bits per heavy atom. The molecule has 564 valence electrons. The Labute approximate surface area is 595 Å². The van der Waals surface area contributed by atoms with Crippen LogP contribution < -0.4 is 21.3 Å². The van der Waals surface area contributed by atoms with E-state index in [1.807, 2.05) is 20.8 Å². The zero-order chi connectivity index (χ0) is 73.5. The number of likely N-dealkylation sites (N-methyl/N-ethyl adjacent to an activating group) is 6. The number of halogens is 4. The van der Waals surface area contributed by atoms with E-state index in [1.54, 1.807) is 11.8 Å². The van der Waals surface area contributed by atoms with Crippen molar-refractivity contribution >= 4 is 82.5 Å². The van der Waals surface area contributed by atoms with Crippen molar-refractivity contribution in [3.63, 3.8) is 0 Å². The van der Waals surface area contributed by atoms with Crippen LogP contribution in [0.5, 0.6) is 0 Å². The fraction of sp³-hybridized carbons (Fsp3) is 0.833. The van der Waals surface area contributed by atoms with Crippen LogP contribution in [0.1, 0.15) is 207 Å². The number of nitrogens with zero attached hydrogens (tertiary/aromatic N) is 8. The van der Waals surface area contributed by atoms with Gasteiger partial charge in [0, 0.05) is 67.3 Å². The summed E-state index contributed by atoms with van der Waals surface area (Å²) in [7, 11) is 8.62. The number of piperidine rings is 1. The van der Waals surface area contributed by atoms with E-state index >= 15 is 24.0 Å². The minimum atomic E-state index is -4.51. The molecular weight excluding hydrogens is 1320 g/mol. The van der Waals surface area contributed by atoms with Gasteiger partial charge in [0.2, 0.25) is 70.9 Å². The Balaban J connectivity index is 1.26. The first kappa shape index (κ1) is 81.0. The molecule has 4 N–H and O–H groups in total. The summed E-state index contributed by atoms with van der Waals surface area (Å²) >= 11 is 6.41. The zero-order valence-corrected chi connectivity index (χ0v) is 61.9. The number of hydrogen-bond acceptors (Lipinski definition) is 12. The van der Waals surface area contributed by atoms with Crippen LogP contribution in [0, 0.1) is 35.5 Å². The van der Waals surface area contributed by atoms with Crippen LogP contribution in [0.2, 0.25) is 0 Å². The van der Waals surface area contributed by atoms with Crippen molar-refractivity contribution in [1.29, 1.82) is 0 Å². The Hall–Kier alpha value is -6.28. The molecule has 24 nitrogen and oxygen atoms in total. The van der Waals surface area contributed by atoms with Crippen molar-refractivity contribution in [1.82, 2.24) is 60.5 Å². The Kier molecular flexibility index (Phi) is 29.8. The Morgan fingerprint density at radius 1 is 0.580 bits per heavy atom. The molecule has 0 radical (unpaired) electrons. The van der Waals surface area contributed by atoms with Gasteiger partial charge >= 0.3 is 6.18 Å². The maximum absolute atomic E-state index is 15.7. The van der Waals surface area contributed by atoms with Gasteiger partial charge in [-0.25, -0.2) is 0 Å². The van der Waals surface area contributed by atoms with Gasteiger partial charge in [-0.05, 0) is 132 Å². The molecule has 3 unspecified atom stereocenters. The van der Waals surface area contributed by atoms with E-state index in [4.69, 9.17) is 11.6 Å². The molecular formula is C72H116ClF3N12O12. The van der Waals surface area contributed by atoms with Gasteiger partial charge in [0.15, 0.2) is 0 Å². The van der Waals surface area contributed by atoms with Crippen LogP contribution in [0.15, 0.2) is 0 Å². The third-order valence-corrected chi connectivity index (χ3v) is 23.4. The van der Waals surface area contributed by atoms with Gasteiger partial charge in [-0.1, -0.05) is 98.3 Å². The van der Waals surface area contributed by atoms with Gasteiger partial charge in [-0.3, -0.25) is 57.5 Å². The van der Waals surface area contributed by atoms with Crippen molar-refractivity contribution in [3.8, 4) is 0 Å². The molecule has 0 aromatic carbocycles. The number of carbonyl (C=O) groups is 12. The second-order valence-electron chi connectivity index (χ2n) is 30.8. The standard InChI is InChI=1S/C72H116ClF3N12O12/c1-11-46(4)61-68(98)83(7)43-59(91)81(5)44-60(92)84(8)55(40-47-24-15-12-16-25-47)66(96)82(6)42-58(90)77-52(32-30-48-29-31-50(51(73)39-48)72(74,75)76)65(95)88-37-23-28-54(88)64(94)80-71(33-19-20-34-71)70(100)86(10)62(49-26-17-13-18-27-49)69(99)85(9)56(67(97)87-35-21-14-22-36-87)41-57(89)78-53(38-45(2)3)63(93)79-61/h45-56,61-62H,11-44H2,1-10H3,(H,77,90)(H,78,89)(H,79,93)(H,80,94)/t46-,48?,50?,51?,52-,53-,54-,55-,56-,61-,62-/m0/s1. The number of rotatable bonds is 11. The normalized spacial score (nSPS) is 30.0. The van der Waals surface area contributed by atoms with E-state index in [2.05, 4.69) is 21.3 Å². The van der Waals surface area contributed by atoms with E-state index in [0.29, 0.717) is 64.5 Å². The van der Waals surface area contributed by atoms with E-state index in [-0.39, 0.29) is 88.5 Å². The summed E-state index contributed by atoms with van der Waals surface area (Å²) in [6.07, 6.45) is 7.92. The van der Waals surface area contributed by atoms with Crippen LogP contribution in [0.25, 0.3) is 0 Å². The number of carbonyl (C=O) groups excluding carboxylic acids is 12. The van der Waals surface area contributed by atoms with E-state index in [0.717, 1.165) is 72.5 Å². The highest BCUT2D eigenvalue weighted by atomic mass is 35.5. The molecule has 11 atom stereocenters. The third kappa shape index (κ3) is 21.0. The molecule has 0 aromatic rings. The van der Waals surface area contributed by atoms with Crippen molar-refractivity contribution in [2.24, 2.45) is 35.5 Å². The molecule has 0 bridgehead atoms. The molecule has 3 heterocycles. The maximum atomic E-state index is 15.7. The Morgan fingerprint density at radius 2 is 1.18 bits per heavy atom. The van der Waals surface area contributed by atoms with Gasteiger partial charge in [0.1, 0.15) is 47.8 Å². The first-order valence-electron chi connectivity index (χ1n) is 37.3. The SMILES string of the molecule is CC[C@H](C)[C@@H]1NC(=O)[C@H](CC(C)C)NC(=O)C[C@@H](C(=O)N2CCCCC2)N(C)C(=O)[C@H](C2CCCCC2)N(C)C(=O)C2(CCCC2)NC(=O)[C@@H]2CCCN2C(=O)[C@H](CCC2CCC(C(F)(F)F)C(Cl)C2)NC(=O)CN(C)C(=O)[C@H](CC2CCCCC2)N(C)C(=O)CN(C)C(=O)CN(C)C1=O. The predicted octanol–water partition coefficient (Wildman–Crippen LogP) is 6.14. The summed E-state index contributed by atoms with van der Waals surface area (Å²) < 4.78 is 42.0. The van der Waals surface area contributed by atoms with Gasteiger partial charge in [0.25, 0.3) is 0 Å². The summed E-state index contributed by atoms with van der Waals surface area (Å²) in [5.41, 5.74) is -1.55. The number of fused-ring (bicyclic) bond motifs is 1. The fourth-order valence-electron chi connectivity index (χ4n) is 16.6. The van der Waals surface area contributed by atoms with E-state index < -0.39 is 174 Å². The molecule has 7 aliphatic rings. The van der Waals surface area contributed by atoms with Crippen LogP contribution in [-0.4, -0.2) is 251 Å². The lowest BCUT2D eigenvalue weighted by molar-refractivity contribution is -0.182. The summed E-state index contributed by atoms with van der Waals surface area (Å²) in [5.74, 6) is -10.6. The maximum Gasteiger partial charge on any atom is 0.393 e. The molecule has 28 heteroatoms. The average molecular weight is 1430 g/mol. The average Bonchev–Trinajstić information content (AvgIpc) is 1.59. The highest BCUT2D eigenvalue weighted by Crippen LogP contribution is 2.44. The number of likely N-dealkylation sites (tertiary alicyclic amines) is 1. The molecule has 7 fully saturated rings. The highest BCUT2D eigenvalue weighted by molar-refractivity contribution is 6.21. The van der Waals surface area contributed by atoms with Crippen molar-refractivity contribution in [2.45, 2.75) is 267 Å². The topological polar surface area (TPSA) is 279 Å². The molecule has 1 spiro atoms. The molecule has 3 aliphatic heterocycles. The molecule has 0 aromatic heterocycles. The van der Waals surface area contributed by atoms with E-state index in [1.165, 1.54) is 61.9 Å². The monoisotopic (exact) mass is 1430 g/mol. The van der Waals surface area contributed by atoms with Crippen molar-refractivity contribution < 1.29 is 70.7 Å². The minimum Gasteiger partial charge on any atom is -0.344 e. The summed E-state index contributed by atoms with van der Waals surface area (Å²) in [5, 5.41) is 10.4. The Bertz CT molecular complexity index is 2880. The number of amides is 12. The smallest absolute Gasteiger partial charge is 0.344 e. The van der Waals surface area contributed by atoms with Gasteiger partial charge in [0.05, 0.1) is 32.0 Å². The zero-order valence-electron chi connectivity index (χ0n) is 61.1. The highest BCUT2D eigenvalue weighted by Gasteiger charge is 2.52. The lowest BCUT2D eigenvalue weighted by Crippen LogP contribution is -2.65. The van der Waals surface area contributed by atoms with Gasteiger partial charge < -0.3 is 60.5 Å². The first-order valence-corrected chi connectivity index (χ1v) is 37.7. The number of nitrogens with one attached hydrogen (secondary N) is 4. The summed E-state index contributed by atoms with van der Waals surface area (Å²) in [6.45, 7) is 6.53. The molecule has 4 aliphatic carbocycles. The molecule has 3 saturated heterocycles. The van der Waals surface area contributed by atoms with Crippen LogP contribution >= 0.6 is 11.6 Å². The summed E-state index contributed by atoms with van der Waals surface area (Å²) in [6, 6.07) is -8.57. The number of alkyl halides is 4. The first-order chi connectivity index (χ1) is 47.3. The lowest BCUT2D eigenvalue weighted by atomic mass is 9.78. The van der Waals surface area contributed by atoms with Gasteiger partial charge in [-0.2, -0.15) is 13.2 Å². The minimum absolute atomic E-state index is 0.00300. The van der Waals surface area contributed by atoms with Crippen molar-refractivity contribution in [2.75, 3.05) is 81.6 Å². The third-order valence-electron chi connectivity index (χ3n) is 23.0. The molecule has 4 saturated carbocycles. The predicted molar refractivity (Wildman–Crippen MR) is 370 cm³/mol. The molecule has 100 heavy (non-hydrogen) atoms. The quantitative estimate of drug-likeness (QED) is 0.170. The number of hydrogen-bond donors (Lipinski definition) is 4. The summed E-state index contributed by atoms with van der Waals surface area (Å²) in [4.78, 5) is 189. The van der Waals surface area contributed by atoms with Crippen LogP contribution in [0.3, 0.4) is 0 Å².